The highest BCUT2D eigenvalue weighted by Crippen LogP contribution is 2.31. The van der Waals surface area contributed by atoms with Crippen molar-refractivity contribution < 1.29 is 9.47 Å². The summed E-state index contributed by atoms with van der Waals surface area (Å²) in [5, 5.41) is 6.51. The normalized spacial score (nSPS) is 10.3. The molecule has 0 saturated heterocycles. The molecule has 0 amide bonds. The van der Waals surface area contributed by atoms with E-state index in [1.165, 1.54) is 5.56 Å². The van der Waals surface area contributed by atoms with Crippen LogP contribution in [0.1, 0.15) is 11.1 Å². The zero-order chi connectivity index (χ0) is 18.5. The van der Waals surface area contributed by atoms with E-state index in [1.807, 2.05) is 24.3 Å². The molecule has 0 saturated carbocycles. The molecule has 0 aliphatic rings. The van der Waals surface area contributed by atoms with Crippen molar-refractivity contribution in [2.75, 3.05) is 24.9 Å². The van der Waals surface area contributed by atoms with Gasteiger partial charge in [-0.05, 0) is 43.7 Å². The quantitative estimate of drug-likeness (QED) is 0.677. The van der Waals surface area contributed by atoms with Gasteiger partial charge in [0.05, 0.1) is 19.9 Å². The molecule has 6 heteroatoms. The van der Waals surface area contributed by atoms with Gasteiger partial charge in [0.15, 0.2) is 0 Å². The third-order valence-electron chi connectivity index (χ3n) is 3.95. The fourth-order valence-corrected chi connectivity index (χ4v) is 2.61. The van der Waals surface area contributed by atoms with Crippen LogP contribution >= 0.6 is 0 Å². The van der Waals surface area contributed by atoms with E-state index in [0.717, 1.165) is 22.7 Å². The van der Waals surface area contributed by atoms with Crippen LogP contribution in [-0.4, -0.2) is 24.2 Å². The van der Waals surface area contributed by atoms with Crippen LogP contribution < -0.4 is 20.1 Å². The third kappa shape index (κ3) is 4.03. The summed E-state index contributed by atoms with van der Waals surface area (Å²) in [5.74, 6) is 2.60. The monoisotopic (exact) mass is 350 g/mol. The summed E-state index contributed by atoms with van der Waals surface area (Å²) >= 11 is 0. The number of aromatic nitrogens is 2. The van der Waals surface area contributed by atoms with E-state index < -0.39 is 0 Å². The van der Waals surface area contributed by atoms with Crippen LogP contribution in [0.4, 0.5) is 23.1 Å². The van der Waals surface area contributed by atoms with Gasteiger partial charge in [0.25, 0.3) is 0 Å². The summed E-state index contributed by atoms with van der Waals surface area (Å²) in [7, 11) is 3.25. The molecule has 2 N–H and O–H groups in total. The van der Waals surface area contributed by atoms with Crippen molar-refractivity contribution in [2.24, 2.45) is 0 Å². The second-order valence-corrected chi connectivity index (χ2v) is 5.90. The maximum atomic E-state index is 5.39. The molecule has 6 nitrogen and oxygen atoms in total. The predicted molar refractivity (Wildman–Crippen MR) is 104 cm³/mol. The Bertz CT molecular complexity index is 912. The van der Waals surface area contributed by atoms with Gasteiger partial charge in [0, 0.05) is 18.0 Å². The van der Waals surface area contributed by atoms with E-state index in [2.05, 4.69) is 46.6 Å². The molecular formula is C20H22N4O2. The van der Waals surface area contributed by atoms with Gasteiger partial charge in [0.1, 0.15) is 17.3 Å². The first-order chi connectivity index (χ1) is 12.6. The molecule has 3 aromatic rings. The van der Waals surface area contributed by atoms with Crippen molar-refractivity contribution in [1.29, 1.82) is 0 Å². The Morgan fingerprint density at radius 3 is 2.42 bits per heavy atom. The van der Waals surface area contributed by atoms with Gasteiger partial charge in [-0.1, -0.05) is 17.7 Å². The summed E-state index contributed by atoms with van der Waals surface area (Å²) in [6.07, 6.45) is 1.70. The van der Waals surface area contributed by atoms with Gasteiger partial charge in [0.2, 0.25) is 5.95 Å². The first-order valence-electron chi connectivity index (χ1n) is 8.25. The molecule has 0 aliphatic heterocycles. The third-order valence-corrected chi connectivity index (χ3v) is 3.95. The molecule has 3 rings (SSSR count). The van der Waals surface area contributed by atoms with Crippen molar-refractivity contribution in [3.8, 4) is 11.5 Å². The van der Waals surface area contributed by atoms with Crippen LogP contribution in [0.2, 0.25) is 0 Å². The van der Waals surface area contributed by atoms with Gasteiger partial charge in [-0.3, -0.25) is 0 Å². The second-order valence-electron chi connectivity index (χ2n) is 5.90. The molecule has 0 fully saturated rings. The van der Waals surface area contributed by atoms with Gasteiger partial charge in [-0.15, -0.1) is 0 Å². The number of hydrogen-bond donors (Lipinski definition) is 2. The zero-order valence-electron chi connectivity index (χ0n) is 15.3. The number of benzene rings is 2. The van der Waals surface area contributed by atoms with E-state index in [4.69, 9.17) is 9.47 Å². The van der Waals surface area contributed by atoms with Crippen molar-refractivity contribution in [1.82, 2.24) is 9.97 Å². The number of ether oxygens (including phenoxy) is 2. The summed E-state index contributed by atoms with van der Waals surface area (Å²) < 4.78 is 10.7. The van der Waals surface area contributed by atoms with Crippen LogP contribution in [0.15, 0.2) is 48.7 Å². The van der Waals surface area contributed by atoms with Gasteiger partial charge in [-0.25, -0.2) is 4.98 Å². The molecule has 1 heterocycles. The van der Waals surface area contributed by atoms with Crippen LogP contribution in [-0.2, 0) is 0 Å². The number of anilines is 4. The van der Waals surface area contributed by atoms with E-state index in [9.17, 15) is 0 Å². The lowest BCUT2D eigenvalue weighted by molar-refractivity contribution is 0.405. The van der Waals surface area contributed by atoms with Crippen LogP contribution in [0, 0.1) is 13.8 Å². The minimum atomic E-state index is 0.517. The lowest BCUT2D eigenvalue weighted by Crippen LogP contribution is -2.02. The van der Waals surface area contributed by atoms with Gasteiger partial charge >= 0.3 is 0 Å². The molecule has 0 bridgehead atoms. The molecule has 0 aliphatic carbocycles. The maximum Gasteiger partial charge on any atom is 0.229 e. The van der Waals surface area contributed by atoms with E-state index in [0.29, 0.717) is 17.5 Å². The lowest BCUT2D eigenvalue weighted by Gasteiger charge is -2.13. The van der Waals surface area contributed by atoms with Crippen molar-refractivity contribution in [2.45, 2.75) is 13.8 Å². The molecular weight excluding hydrogens is 328 g/mol. The standard InChI is InChI=1S/C20H22N4O2/c1-13-5-7-16(14(2)11-13)23-20-21-10-9-19(24-20)22-17-12-15(25-3)6-8-18(17)26-4/h5-12H,1-4H3,(H2,21,22,23,24). The fourth-order valence-electron chi connectivity index (χ4n) is 2.61. The molecule has 0 spiro atoms. The predicted octanol–water partition coefficient (Wildman–Crippen LogP) is 4.60. The van der Waals surface area contributed by atoms with E-state index in [1.54, 1.807) is 26.5 Å². The highest BCUT2D eigenvalue weighted by Gasteiger charge is 2.08. The Morgan fingerprint density at radius 1 is 0.846 bits per heavy atom. The molecule has 1 aromatic heterocycles. The maximum absolute atomic E-state index is 5.39. The molecule has 2 aromatic carbocycles. The first-order valence-corrected chi connectivity index (χ1v) is 8.25. The van der Waals surface area contributed by atoms with Crippen LogP contribution in [0.5, 0.6) is 11.5 Å². The molecule has 0 atom stereocenters. The molecule has 0 radical (unpaired) electrons. The topological polar surface area (TPSA) is 68.3 Å². The average molecular weight is 350 g/mol. The molecule has 26 heavy (non-hydrogen) atoms. The number of hydrogen-bond acceptors (Lipinski definition) is 6. The molecule has 134 valence electrons. The van der Waals surface area contributed by atoms with Crippen LogP contribution in [0.3, 0.4) is 0 Å². The average Bonchev–Trinajstić information content (AvgIpc) is 2.64. The van der Waals surface area contributed by atoms with Crippen molar-refractivity contribution in [3.05, 3.63) is 59.8 Å². The second kappa shape index (κ2) is 7.74. The summed E-state index contributed by atoms with van der Waals surface area (Å²) in [6, 6.07) is 13.5. The number of methoxy groups -OCH3 is 2. The Morgan fingerprint density at radius 2 is 1.69 bits per heavy atom. The summed E-state index contributed by atoms with van der Waals surface area (Å²) in [4.78, 5) is 8.83. The SMILES string of the molecule is COc1ccc(OC)c(Nc2ccnc(Nc3ccc(C)cc3C)n2)c1. The lowest BCUT2D eigenvalue weighted by atomic mass is 10.1. The highest BCUT2D eigenvalue weighted by atomic mass is 16.5. The summed E-state index contributed by atoms with van der Waals surface area (Å²) in [6.45, 7) is 4.12. The zero-order valence-corrected chi connectivity index (χ0v) is 15.3. The minimum Gasteiger partial charge on any atom is -0.497 e. The number of nitrogens with one attached hydrogen (secondary N) is 2. The number of nitrogens with zero attached hydrogens (tertiary/aromatic N) is 2. The van der Waals surface area contributed by atoms with Crippen LogP contribution in [0.25, 0.3) is 0 Å². The van der Waals surface area contributed by atoms with Gasteiger partial charge < -0.3 is 20.1 Å². The smallest absolute Gasteiger partial charge is 0.229 e. The van der Waals surface area contributed by atoms with Crippen molar-refractivity contribution >= 4 is 23.1 Å². The fraction of sp³-hybridized carbons (Fsp3) is 0.200. The number of rotatable bonds is 6. The van der Waals surface area contributed by atoms with E-state index >= 15 is 0 Å². The highest BCUT2D eigenvalue weighted by molar-refractivity contribution is 5.67. The van der Waals surface area contributed by atoms with E-state index in [-0.39, 0.29) is 0 Å². The first kappa shape index (κ1) is 17.5. The summed E-state index contributed by atoms with van der Waals surface area (Å²) in [5.41, 5.74) is 4.10. The Hall–Kier alpha value is -3.28. The largest absolute Gasteiger partial charge is 0.497 e. The minimum absolute atomic E-state index is 0.517. The van der Waals surface area contributed by atoms with Crippen molar-refractivity contribution in [3.63, 3.8) is 0 Å². The Kier molecular flexibility index (Phi) is 5.22. The number of aryl methyl sites for hydroxylation is 2. The van der Waals surface area contributed by atoms with Gasteiger partial charge in [-0.2, -0.15) is 4.98 Å². The Labute approximate surface area is 153 Å². The molecule has 0 unspecified atom stereocenters. The Balaban J connectivity index is 1.84.